The van der Waals surface area contributed by atoms with Crippen LogP contribution in [0.3, 0.4) is 0 Å². The summed E-state index contributed by atoms with van der Waals surface area (Å²) in [7, 11) is 0. The molecule has 2 aliphatic rings. The minimum Gasteiger partial charge on any atom is -0.406 e. The number of alkyl halides is 3. The van der Waals surface area contributed by atoms with Crippen LogP contribution in [0.25, 0.3) is 10.9 Å². The molecule has 0 saturated heterocycles. The van der Waals surface area contributed by atoms with E-state index in [4.69, 9.17) is 5.26 Å². The smallest absolute Gasteiger partial charge is 0.406 e. The van der Waals surface area contributed by atoms with Crippen molar-refractivity contribution in [2.75, 3.05) is 13.1 Å². The number of carbonyl (C=O) groups excluding carboxylic acids is 1. The van der Waals surface area contributed by atoms with Crippen molar-refractivity contribution in [3.05, 3.63) is 64.8 Å². The highest BCUT2D eigenvalue weighted by Crippen LogP contribution is 2.30. The Hall–Kier alpha value is -3.22. The molecule has 2 aromatic carbocycles. The van der Waals surface area contributed by atoms with Gasteiger partial charge in [-0.25, -0.2) is 0 Å². The van der Waals surface area contributed by atoms with E-state index < -0.39 is 6.36 Å². The Morgan fingerprint density at radius 3 is 2.63 bits per heavy atom. The zero-order valence-corrected chi connectivity index (χ0v) is 21.6. The van der Waals surface area contributed by atoms with Crippen molar-refractivity contribution in [2.24, 2.45) is 5.92 Å². The Morgan fingerprint density at radius 1 is 1.11 bits per heavy atom. The first-order valence-corrected chi connectivity index (χ1v) is 12.7. The lowest BCUT2D eigenvalue weighted by atomic mass is 9.84. The molecule has 0 bridgehead atoms. The molecule has 0 spiro atoms. The van der Waals surface area contributed by atoms with E-state index in [0.717, 1.165) is 58.2 Å². The van der Waals surface area contributed by atoms with Crippen LogP contribution < -0.4 is 10.1 Å². The molecule has 202 valence electrons. The fraction of sp³-hybridized carbons (Fsp3) is 0.429. The minimum atomic E-state index is -4.76. The van der Waals surface area contributed by atoms with E-state index in [1.54, 1.807) is 6.07 Å². The average Bonchev–Trinajstić information content (AvgIpc) is 3.30. The third kappa shape index (κ3) is 6.80. The molecular formula is C28H30ClF3N4O2. The minimum absolute atomic E-state index is 0. The van der Waals surface area contributed by atoms with Crippen molar-refractivity contribution in [1.82, 2.24) is 15.2 Å². The van der Waals surface area contributed by atoms with Gasteiger partial charge < -0.3 is 15.0 Å². The van der Waals surface area contributed by atoms with Crippen molar-refractivity contribution >= 4 is 29.2 Å². The largest absolute Gasteiger partial charge is 0.573 e. The number of halogens is 4. The first kappa shape index (κ1) is 27.8. The highest BCUT2D eigenvalue weighted by atomic mass is 35.5. The Balaban J connectivity index is 0.00000336. The van der Waals surface area contributed by atoms with Crippen LogP contribution >= 0.6 is 12.4 Å². The van der Waals surface area contributed by atoms with Gasteiger partial charge in [-0.15, -0.1) is 25.6 Å². The maximum Gasteiger partial charge on any atom is 0.573 e. The summed E-state index contributed by atoms with van der Waals surface area (Å²) in [5, 5.41) is 12.7. The number of benzene rings is 2. The predicted octanol–water partition coefficient (Wildman–Crippen LogP) is 6.10. The summed E-state index contributed by atoms with van der Waals surface area (Å²) in [6.45, 7) is 2.97. The van der Waals surface area contributed by atoms with Gasteiger partial charge in [-0.2, -0.15) is 5.26 Å². The highest BCUT2D eigenvalue weighted by Gasteiger charge is 2.31. The monoisotopic (exact) mass is 546 g/mol. The van der Waals surface area contributed by atoms with Crippen molar-refractivity contribution in [1.29, 1.82) is 5.26 Å². The van der Waals surface area contributed by atoms with E-state index >= 15 is 0 Å². The van der Waals surface area contributed by atoms with Gasteiger partial charge in [-0.1, -0.05) is 6.07 Å². The van der Waals surface area contributed by atoms with E-state index in [9.17, 15) is 18.0 Å². The summed E-state index contributed by atoms with van der Waals surface area (Å²) in [4.78, 5) is 18.2. The number of fused-ring (bicyclic) bond motifs is 2. The number of rotatable bonds is 6. The number of hydrogen-bond donors (Lipinski definition) is 2. The van der Waals surface area contributed by atoms with Crippen LogP contribution in [-0.2, 0) is 13.0 Å². The Bertz CT molecular complexity index is 1330. The van der Waals surface area contributed by atoms with E-state index in [0.29, 0.717) is 28.1 Å². The van der Waals surface area contributed by atoms with Gasteiger partial charge in [0.15, 0.2) is 0 Å². The molecular weight excluding hydrogens is 517 g/mol. The van der Waals surface area contributed by atoms with Crippen molar-refractivity contribution < 1.29 is 22.7 Å². The third-order valence-electron chi connectivity index (χ3n) is 7.53. The van der Waals surface area contributed by atoms with Gasteiger partial charge in [-0.05, 0) is 98.5 Å². The number of hydrogen-bond acceptors (Lipinski definition) is 4. The quantitative estimate of drug-likeness (QED) is 0.391. The topological polar surface area (TPSA) is 81.2 Å². The van der Waals surface area contributed by atoms with Crippen LogP contribution in [0.15, 0.2) is 42.5 Å². The maximum atomic E-state index is 12.8. The molecule has 6 nitrogen and oxygen atoms in total. The summed E-state index contributed by atoms with van der Waals surface area (Å²) >= 11 is 0. The van der Waals surface area contributed by atoms with E-state index in [-0.39, 0.29) is 30.1 Å². The fourth-order valence-corrected chi connectivity index (χ4v) is 5.53. The van der Waals surface area contributed by atoms with Crippen LogP contribution in [0.2, 0.25) is 0 Å². The first-order chi connectivity index (χ1) is 17.8. The number of aromatic nitrogens is 1. The summed E-state index contributed by atoms with van der Waals surface area (Å²) in [6.07, 6.45) is 1.31. The summed E-state index contributed by atoms with van der Waals surface area (Å²) in [5.41, 5.74) is 4.22. The summed E-state index contributed by atoms with van der Waals surface area (Å²) in [6, 6.07) is 13.8. The van der Waals surface area contributed by atoms with Gasteiger partial charge in [0, 0.05) is 30.0 Å². The van der Waals surface area contributed by atoms with Crippen molar-refractivity contribution in [3.8, 4) is 11.8 Å². The number of nitriles is 1. The molecule has 1 aromatic heterocycles. The fourth-order valence-electron chi connectivity index (χ4n) is 5.53. The van der Waals surface area contributed by atoms with Crippen LogP contribution in [0.1, 0.15) is 59.3 Å². The van der Waals surface area contributed by atoms with Crippen LogP contribution in [0, 0.1) is 17.2 Å². The lowest BCUT2D eigenvalue weighted by Gasteiger charge is -2.33. The Labute approximate surface area is 225 Å². The second kappa shape index (κ2) is 11.7. The molecule has 38 heavy (non-hydrogen) atoms. The standard InChI is InChI=1S/C28H29F3N4O2.ClH/c29-28(30,31)37-24-7-8-25-21(14-24)15-26(34-25)27(36)33-23-5-2-18(3-6-23)9-11-35-12-10-20-4-1-19(16-32)13-22(20)17-35;/h1,4,7-8,13-15,18,23,34H,2-3,5-6,9-12,17H2,(H,33,36);1H. The number of nitrogens with one attached hydrogen (secondary N) is 2. The maximum absolute atomic E-state index is 12.8. The molecule has 1 saturated carbocycles. The molecule has 5 rings (SSSR count). The third-order valence-corrected chi connectivity index (χ3v) is 7.53. The molecule has 0 atom stereocenters. The number of nitrogens with zero attached hydrogens (tertiary/aromatic N) is 2. The average molecular weight is 547 g/mol. The van der Waals surface area contributed by atoms with Crippen LogP contribution in [0.5, 0.6) is 5.75 Å². The van der Waals surface area contributed by atoms with Gasteiger partial charge in [0.05, 0.1) is 11.6 Å². The molecule has 1 amide bonds. The predicted molar refractivity (Wildman–Crippen MR) is 140 cm³/mol. The number of H-pyrrole nitrogens is 1. The van der Waals surface area contributed by atoms with Gasteiger partial charge >= 0.3 is 6.36 Å². The van der Waals surface area contributed by atoms with Crippen LogP contribution in [0.4, 0.5) is 13.2 Å². The lowest BCUT2D eigenvalue weighted by Crippen LogP contribution is -2.38. The van der Waals surface area contributed by atoms with Crippen LogP contribution in [-0.4, -0.2) is 41.3 Å². The summed E-state index contributed by atoms with van der Waals surface area (Å²) < 4.78 is 41.4. The molecule has 0 unspecified atom stereocenters. The van der Waals surface area contributed by atoms with Gasteiger partial charge in [0.1, 0.15) is 11.4 Å². The number of carbonyl (C=O) groups is 1. The molecule has 2 heterocycles. The Kier molecular flexibility index (Phi) is 8.54. The molecule has 2 N–H and O–H groups in total. The van der Waals surface area contributed by atoms with Gasteiger partial charge in [0.2, 0.25) is 0 Å². The molecule has 1 aliphatic heterocycles. The second-order valence-corrected chi connectivity index (χ2v) is 10.1. The summed E-state index contributed by atoms with van der Waals surface area (Å²) in [5.74, 6) is 0.0618. The molecule has 10 heteroatoms. The van der Waals surface area contributed by atoms with E-state index in [1.165, 1.54) is 29.3 Å². The van der Waals surface area contributed by atoms with E-state index in [1.807, 2.05) is 12.1 Å². The second-order valence-electron chi connectivity index (χ2n) is 10.1. The van der Waals surface area contributed by atoms with Gasteiger partial charge in [-0.3, -0.25) is 9.69 Å². The Morgan fingerprint density at radius 2 is 1.89 bits per heavy atom. The molecule has 1 fully saturated rings. The highest BCUT2D eigenvalue weighted by molar-refractivity contribution is 5.98. The zero-order valence-electron chi connectivity index (χ0n) is 20.8. The molecule has 0 radical (unpaired) electrons. The lowest BCUT2D eigenvalue weighted by molar-refractivity contribution is -0.274. The number of ether oxygens (including phenoxy) is 1. The number of amides is 1. The number of aromatic amines is 1. The molecule has 1 aliphatic carbocycles. The first-order valence-electron chi connectivity index (χ1n) is 12.7. The molecule has 3 aromatic rings. The zero-order chi connectivity index (χ0) is 26.0. The normalized spacial score (nSPS) is 19.7. The SMILES string of the molecule is Cl.N#Cc1ccc2c(c1)CN(CCC1CCC(NC(=O)c3cc4cc(OC(F)(F)F)ccc4[nH]3)CC1)CC2. The van der Waals surface area contributed by atoms with E-state index in [2.05, 4.69) is 32.1 Å². The van der Waals surface area contributed by atoms with Crippen molar-refractivity contribution in [2.45, 2.75) is 57.5 Å². The van der Waals surface area contributed by atoms with Crippen molar-refractivity contribution in [3.63, 3.8) is 0 Å². The van der Waals surface area contributed by atoms with Gasteiger partial charge in [0.25, 0.3) is 5.91 Å².